The third kappa shape index (κ3) is 2.88. The lowest BCUT2D eigenvalue weighted by molar-refractivity contribution is -0.135. The van der Waals surface area contributed by atoms with E-state index in [0.29, 0.717) is 17.7 Å². The number of carbonyl (C=O) groups excluding carboxylic acids is 1. The molecule has 0 spiro atoms. The van der Waals surface area contributed by atoms with Crippen LogP contribution in [-0.2, 0) is 4.79 Å². The van der Waals surface area contributed by atoms with Crippen molar-refractivity contribution in [3.8, 4) is 0 Å². The van der Waals surface area contributed by atoms with E-state index in [4.69, 9.17) is 0 Å². The summed E-state index contributed by atoms with van der Waals surface area (Å²) in [4.78, 5) is 14.3. The van der Waals surface area contributed by atoms with Gasteiger partial charge in [0.25, 0.3) is 0 Å². The van der Waals surface area contributed by atoms with Crippen LogP contribution in [0.15, 0.2) is 0 Å². The fourth-order valence-electron chi connectivity index (χ4n) is 5.64. The molecule has 4 fully saturated rings. The van der Waals surface area contributed by atoms with Gasteiger partial charge in [-0.2, -0.15) is 0 Å². The predicted molar refractivity (Wildman–Crippen MR) is 81.4 cm³/mol. The molecule has 0 radical (unpaired) electrons. The predicted octanol–water partition coefficient (Wildman–Crippen LogP) is 2.66. The van der Waals surface area contributed by atoms with Crippen LogP contribution in [0.25, 0.3) is 0 Å². The highest BCUT2D eigenvalue weighted by atomic mass is 16.2. The molecule has 4 rings (SSSR count). The molecule has 0 saturated heterocycles. The molecule has 1 amide bonds. The number of nitrogens with zero attached hydrogens (tertiary/aromatic N) is 1. The second kappa shape index (κ2) is 5.67. The maximum absolute atomic E-state index is 12.2. The lowest BCUT2D eigenvalue weighted by Gasteiger charge is -2.57. The monoisotopic (exact) mass is 278 g/mol. The molecule has 0 aromatic carbocycles. The first kappa shape index (κ1) is 14.4. The topological polar surface area (TPSA) is 32.3 Å². The third-order valence-corrected chi connectivity index (χ3v) is 5.93. The first-order chi connectivity index (χ1) is 9.60. The molecule has 1 N–H and O–H groups in total. The molecule has 0 heterocycles. The number of carbonyl (C=O) groups is 1. The van der Waals surface area contributed by atoms with Crippen LogP contribution in [0, 0.1) is 23.2 Å². The zero-order chi connectivity index (χ0) is 14.2. The molecular formula is C17H30N2O. The highest BCUT2D eigenvalue weighted by Crippen LogP contribution is 2.60. The molecule has 0 aromatic heterocycles. The molecule has 4 aliphatic rings. The van der Waals surface area contributed by atoms with Crippen LogP contribution >= 0.6 is 0 Å². The van der Waals surface area contributed by atoms with Gasteiger partial charge in [-0.25, -0.2) is 0 Å². The Labute approximate surface area is 123 Å². The van der Waals surface area contributed by atoms with Crippen molar-refractivity contribution >= 4 is 5.91 Å². The van der Waals surface area contributed by atoms with Gasteiger partial charge in [-0.15, -0.1) is 0 Å². The Bertz CT molecular complexity index is 331. The van der Waals surface area contributed by atoms with Gasteiger partial charge >= 0.3 is 0 Å². The zero-order valence-corrected chi connectivity index (χ0v) is 13.2. The summed E-state index contributed by atoms with van der Waals surface area (Å²) in [5.41, 5.74) is 0.483. The third-order valence-electron chi connectivity index (χ3n) is 5.93. The summed E-state index contributed by atoms with van der Waals surface area (Å²) in [5.74, 6) is 3.26. The van der Waals surface area contributed by atoms with E-state index in [1.165, 1.54) is 38.5 Å². The van der Waals surface area contributed by atoms with E-state index < -0.39 is 0 Å². The van der Waals surface area contributed by atoms with Crippen LogP contribution in [0.5, 0.6) is 0 Å². The molecule has 20 heavy (non-hydrogen) atoms. The highest BCUT2D eigenvalue weighted by Gasteiger charge is 2.51. The van der Waals surface area contributed by atoms with Crippen LogP contribution in [0.2, 0.25) is 0 Å². The fraction of sp³-hybridized carbons (Fsp3) is 0.941. The van der Waals surface area contributed by atoms with Crippen molar-refractivity contribution in [2.45, 2.75) is 51.9 Å². The molecule has 4 saturated carbocycles. The Morgan fingerprint density at radius 3 is 2.20 bits per heavy atom. The largest absolute Gasteiger partial charge is 0.345 e. The lowest BCUT2D eigenvalue weighted by atomic mass is 9.49. The van der Waals surface area contributed by atoms with Crippen molar-refractivity contribution in [1.82, 2.24) is 10.2 Å². The molecule has 0 atom stereocenters. The Balaban J connectivity index is 1.55. The number of hydrogen-bond acceptors (Lipinski definition) is 2. The number of nitrogens with one attached hydrogen (secondary N) is 1. The van der Waals surface area contributed by atoms with E-state index >= 15 is 0 Å². The summed E-state index contributed by atoms with van der Waals surface area (Å²) in [6.45, 7) is 4.87. The van der Waals surface area contributed by atoms with Crippen molar-refractivity contribution in [2.24, 2.45) is 23.2 Å². The van der Waals surface area contributed by atoms with Gasteiger partial charge < -0.3 is 10.2 Å². The molecule has 3 heteroatoms. The van der Waals surface area contributed by atoms with Crippen molar-refractivity contribution in [3.05, 3.63) is 0 Å². The lowest BCUT2D eigenvalue weighted by Crippen LogP contribution is -2.51. The fourth-order valence-corrected chi connectivity index (χ4v) is 5.64. The van der Waals surface area contributed by atoms with Gasteiger partial charge in [0.15, 0.2) is 0 Å². The number of amides is 1. The van der Waals surface area contributed by atoms with E-state index in [1.807, 2.05) is 11.9 Å². The molecule has 3 nitrogen and oxygen atoms in total. The summed E-state index contributed by atoms with van der Waals surface area (Å²) < 4.78 is 0. The summed E-state index contributed by atoms with van der Waals surface area (Å²) in [5, 5.41) is 3.25. The summed E-state index contributed by atoms with van der Waals surface area (Å²) in [6.07, 6.45) is 9.28. The minimum atomic E-state index is 0.321. The second-order valence-corrected chi connectivity index (χ2v) is 7.77. The first-order valence-corrected chi connectivity index (χ1v) is 8.55. The van der Waals surface area contributed by atoms with E-state index in [2.05, 4.69) is 12.2 Å². The molecular weight excluding hydrogens is 248 g/mol. The minimum absolute atomic E-state index is 0.321. The van der Waals surface area contributed by atoms with Crippen LogP contribution < -0.4 is 5.32 Å². The van der Waals surface area contributed by atoms with Crippen LogP contribution in [0.4, 0.5) is 0 Å². The number of rotatable bonds is 6. The standard InChI is InChI=1S/C17H30N2O/c1-3-18-5-4-16(20)19(2)12-17-9-13-6-14(10-17)8-15(7-13)11-17/h13-15,18H,3-12H2,1-2H3. The van der Waals surface area contributed by atoms with Gasteiger partial charge in [0.2, 0.25) is 5.91 Å². The van der Waals surface area contributed by atoms with Gasteiger partial charge in [-0.1, -0.05) is 6.92 Å². The van der Waals surface area contributed by atoms with E-state index in [-0.39, 0.29) is 0 Å². The van der Waals surface area contributed by atoms with Crippen molar-refractivity contribution in [1.29, 1.82) is 0 Å². The highest BCUT2D eigenvalue weighted by molar-refractivity contribution is 5.76. The Morgan fingerprint density at radius 2 is 1.70 bits per heavy atom. The van der Waals surface area contributed by atoms with Crippen molar-refractivity contribution < 1.29 is 4.79 Å². The number of hydrogen-bond donors (Lipinski definition) is 1. The van der Waals surface area contributed by atoms with Crippen molar-refractivity contribution in [3.63, 3.8) is 0 Å². The maximum Gasteiger partial charge on any atom is 0.223 e. The van der Waals surface area contributed by atoms with Crippen LogP contribution in [-0.4, -0.2) is 37.5 Å². The summed E-state index contributed by atoms with van der Waals surface area (Å²) in [7, 11) is 2.02. The van der Waals surface area contributed by atoms with Crippen molar-refractivity contribution in [2.75, 3.05) is 26.7 Å². The average molecular weight is 278 g/mol. The SMILES string of the molecule is CCNCCC(=O)N(C)CC12CC3CC(CC(C3)C1)C2. The quantitative estimate of drug-likeness (QED) is 0.758. The smallest absolute Gasteiger partial charge is 0.223 e. The minimum Gasteiger partial charge on any atom is -0.345 e. The summed E-state index contributed by atoms with van der Waals surface area (Å²) >= 11 is 0. The Kier molecular flexibility index (Phi) is 4.07. The average Bonchev–Trinajstić information content (AvgIpc) is 2.36. The molecule has 4 bridgehead atoms. The molecule has 0 unspecified atom stereocenters. The van der Waals surface area contributed by atoms with Gasteiger partial charge in [-0.3, -0.25) is 4.79 Å². The van der Waals surface area contributed by atoms with E-state index in [0.717, 1.165) is 37.4 Å². The van der Waals surface area contributed by atoms with Crippen LogP contribution in [0.1, 0.15) is 51.9 Å². The second-order valence-electron chi connectivity index (χ2n) is 7.77. The molecule has 0 aliphatic heterocycles. The molecule has 4 aliphatic carbocycles. The Morgan fingerprint density at radius 1 is 1.15 bits per heavy atom. The van der Waals surface area contributed by atoms with Crippen LogP contribution in [0.3, 0.4) is 0 Å². The molecule has 0 aromatic rings. The normalized spacial score (nSPS) is 38.2. The van der Waals surface area contributed by atoms with Gasteiger partial charge in [0.1, 0.15) is 0 Å². The first-order valence-electron chi connectivity index (χ1n) is 8.55. The van der Waals surface area contributed by atoms with E-state index in [1.54, 1.807) is 0 Å². The molecule has 114 valence electrons. The van der Waals surface area contributed by atoms with Gasteiger partial charge in [0.05, 0.1) is 0 Å². The Hall–Kier alpha value is -0.570. The maximum atomic E-state index is 12.2. The van der Waals surface area contributed by atoms with Gasteiger partial charge in [0, 0.05) is 26.6 Å². The summed E-state index contributed by atoms with van der Waals surface area (Å²) in [6, 6.07) is 0. The van der Waals surface area contributed by atoms with Gasteiger partial charge in [-0.05, 0) is 68.2 Å². The zero-order valence-electron chi connectivity index (χ0n) is 13.2. The van der Waals surface area contributed by atoms with E-state index in [9.17, 15) is 4.79 Å².